The third-order valence-corrected chi connectivity index (χ3v) is 4.92. The number of carbonyl (C=O) groups is 1. The number of aromatic nitrogens is 1. The molecule has 0 fully saturated rings. The highest BCUT2D eigenvalue weighted by atomic mass is 16.7. The highest BCUT2D eigenvalue weighted by molar-refractivity contribution is 6.07. The van der Waals surface area contributed by atoms with Crippen molar-refractivity contribution in [3.8, 4) is 28.5 Å². The molecule has 3 aromatic carbocycles. The van der Waals surface area contributed by atoms with Crippen molar-refractivity contribution in [3.05, 3.63) is 83.9 Å². The second-order valence-electron chi connectivity index (χ2n) is 6.90. The average molecular weight is 411 g/mol. The third-order valence-electron chi connectivity index (χ3n) is 4.92. The summed E-state index contributed by atoms with van der Waals surface area (Å²) in [5, 5.41) is 15.0. The Morgan fingerprint density at radius 2 is 1.81 bits per heavy atom. The van der Waals surface area contributed by atoms with Gasteiger partial charge < -0.3 is 14.6 Å². The maximum absolute atomic E-state index is 12.9. The highest BCUT2D eigenvalue weighted by Gasteiger charge is 2.15. The molecular formula is C24H17N3O4. The number of ether oxygens (including phenoxy) is 2. The number of phenolic OH excluding ortho intramolecular Hbond substituents is 1. The van der Waals surface area contributed by atoms with Gasteiger partial charge in [0.2, 0.25) is 6.79 Å². The van der Waals surface area contributed by atoms with Gasteiger partial charge in [-0.2, -0.15) is 5.10 Å². The molecular weight excluding hydrogens is 394 g/mol. The number of pyridine rings is 1. The van der Waals surface area contributed by atoms with E-state index in [1.807, 2.05) is 30.3 Å². The molecule has 1 amide bonds. The fourth-order valence-electron chi connectivity index (χ4n) is 3.41. The molecule has 1 aliphatic rings. The summed E-state index contributed by atoms with van der Waals surface area (Å²) >= 11 is 0. The van der Waals surface area contributed by atoms with Crippen molar-refractivity contribution in [2.75, 3.05) is 6.79 Å². The van der Waals surface area contributed by atoms with Crippen LogP contribution in [0, 0.1) is 0 Å². The fraction of sp³-hybridized carbons (Fsp3) is 0.0417. The van der Waals surface area contributed by atoms with Gasteiger partial charge >= 0.3 is 0 Å². The van der Waals surface area contributed by atoms with Crippen molar-refractivity contribution in [2.24, 2.45) is 5.10 Å². The molecule has 7 heteroatoms. The Morgan fingerprint density at radius 1 is 1.00 bits per heavy atom. The normalized spacial score (nSPS) is 12.4. The van der Waals surface area contributed by atoms with Crippen LogP contribution >= 0.6 is 0 Å². The van der Waals surface area contributed by atoms with Crippen LogP contribution in [0.3, 0.4) is 0 Å². The summed E-state index contributed by atoms with van der Waals surface area (Å²) in [6.45, 7) is 0.196. The van der Waals surface area contributed by atoms with Crippen LogP contribution in [0.15, 0.2) is 77.9 Å². The van der Waals surface area contributed by atoms with Crippen LogP contribution in [0.25, 0.3) is 22.2 Å². The molecule has 0 bridgehead atoms. The summed E-state index contributed by atoms with van der Waals surface area (Å²) in [6.07, 6.45) is 1.53. The number of amides is 1. The molecule has 4 aromatic rings. The number of hydrazone groups is 1. The van der Waals surface area contributed by atoms with Crippen LogP contribution in [0.4, 0.5) is 0 Å². The predicted octanol–water partition coefficient (Wildman–Crippen LogP) is 4.10. The standard InChI is InChI=1S/C24H17N3O4/c28-21-8-4-2-6-17(21)20-12-18(16-5-1-3-7-19(16)26-20)24(29)27-25-13-15-9-10-22-23(11-15)31-14-30-22/h1-13,28H,14H2,(H,27,29)/b25-13+. The number of rotatable bonds is 4. The third kappa shape index (κ3) is 3.64. The number of para-hydroxylation sites is 2. The van der Waals surface area contributed by atoms with Crippen molar-refractivity contribution < 1.29 is 19.4 Å². The van der Waals surface area contributed by atoms with Gasteiger partial charge in [0, 0.05) is 10.9 Å². The number of hydrogen-bond donors (Lipinski definition) is 2. The molecule has 0 radical (unpaired) electrons. The number of aromatic hydroxyl groups is 1. The summed E-state index contributed by atoms with van der Waals surface area (Å²) in [6, 6.07) is 21.3. The second kappa shape index (κ2) is 7.79. The van der Waals surface area contributed by atoms with E-state index < -0.39 is 0 Å². The lowest BCUT2D eigenvalue weighted by Crippen LogP contribution is -2.18. The van der Waals surface area contributed by atoms with Gasteiger partial charge in [0.25, 0.3) is 5.91 Å². The lowest BCUT2D eigenvalue weighted by Gasteiger charge is -2.10. The lowest BCUT2D eigenvalue weighted by atomic mass is 10.0. The molecule has 7 nitrogen and oxygen atoms in total. The minimum Gasteiger partial charge on any atom is -0.507 e. The zero-order chi connectivity index (χ0) is 21.2. The molecule has 0 saturated heterocycles. The Labute approximate surface area is 177 Å². The minimum atomic E-state index is -0.382. The van der Waals surface area contributed by atoms with Crippen molar-refractivity contribution in [1.82, 2.24) is 10.4 Å². The van der Waals surface area contributed by atoms with Crippen LogP contribution in [0.2, 0.25) is 0 Å². The smallest absolute Gasteiger partial charge is 0.272 e. The molecule has 0 atom stereocenters. The molecule has 152 valence electrons. The molecule has 5 rings (SSSR count). The number of nitrogens with zero attached hydrogens (tertiary/aromatic N) is 2. The van der Waals surface area contributed by atoms with Crippen LogP contribution in [0.1, 0.15) is 15.9 Å². The molecule has 0 unspecified atom stereocenters. The Hall–Kier alpha value is -4.39. The molecule has 2 N–H and O–H groups in total. The van der Waals surface area contributed by atoms with Crippen LogP contribution in [0.5, 0.6) is 17.2 Å². The van der Waals surface area contributed by atoms with E-state index in [-0.39, 0.29) is 18.4 Å². The quantitative estimate of drug-likeness (QED) is 0.390. The van der Waals surface area contributed by atoms with Crippen LogP contribution in [-0.2, 0) is 0 Å². The Balaban J connectivity index is 1.46. The molecule has 2 heterocycles. The zero-order valence-electron chi connectivity index (χ0n) is 16.3. The fourth-order valence-corrected chi connectivity index (χ4v) is 3.41. The van der Waals surface area contributed by atoms with E-state index in [1.165, 1.54) is 6.21 Å². The molecule has 0 spiro atoms. The largest absolute Gasteiger partial charge is 0.507 e. The van der Waals surface area contributed by atoms with Crippen molar-refractivity contribution >= 4 is 23.0 Å². The van der Waals surface area contributed by atoms with E-state index in [9.17, 15) is 9.90 Å². The average Bonchev–Trinajstić information content (AvgIpc) is 3.26. The van der Waals surface area contributed by atoms with Gasteiger partial charge in [-0.25, -0.2) is 10.4 Å². The summed E-state index contributed by atoms with van der Waals surface area (Å²) < 4.78 is 10.6. The van der Waals surface area contributed by atoms with Gasteiger partial charge in [-0.15, -0.1) is 0 Å². The maximum atomic E-state index is 12.9. The number of nitrogens with one attached hydrogen (secondary N) is 1. The Morgan fingerprint density at radius 3 is 2.71 bits per heavy atom. The molecule has 0 saturated carbocycles. The summed E-state index contributed by atoms with van der Waals surface area (Å²) in [7, 11) is 0. The van der Waals surface area contributed by atoms with Crippen LogP contribution in [-0.4, -0.2) is 29.0 Å². The first kappa shape index (κ1) is 18.6. The second-order valence-corrected chi connectivity index (χ2v) is 6.90. The summed E-state index contributed by atoms with van der Waals surface area (Å²) in [5.74, 6) is 1.04. The van der Waals surface area contributed by atoms with Gasteiger partial charge in [-0.3, -0.25) is 4.79 Å². The summed E-state index contributed by atoms with van der Waals surface area (Å²) in [5.41, 5.74) is 5.44. The number of phenols is 1. The first-order valence-corrected chi connectivity index (χ1v) is 9.60. The monoisotopic (exact) mass is 411 g/mol. The molecule has 1 aromatic heterocycles. The first-order chi connectivity index (χ1) is 15.2. The minimum absolute atomic E-state index is 0.0949. The lowest BCUT2D eigenvalue weighted by molar-refractivity contribution is 0.0956. The van der Waals surface area contributed by atoms with Crippen LogP contribution < -0.4 is 14.9 Å². The maximum Gasteiger partial charge on any atom is 0.272 e. The van der Waals surface area contributed by atoms with E-state index in [2.05, 4.69) is 15.5 Å². The Bertz CT molecular complexity index is 1330. The summed E-state index contributed by atoms with van der Waals surface area (Å²) in [4.78, 5) is 17.6. The van der Waals surface area contributed by atoms with Gasteiger partial charge in [0.05, 0.1) is 23.0 Å². The van der Waals surface area contributed by atoms with E-state index in [4.69, 9.17) is 9.47 Å². The number of hydrogen-bond acceptors (Lipinski definition) is 6. The SMILES string of the molecule is O=C(N/N=C/c1ccc2c(c1)OCO2)c1cc(-c2ccccc2O)nc2ccccc12. The molecule has 31 heavy (non-hydrogen) atoms. The first-order valence-electron chi connectivity index (χ1n) is 9.60. The van der Waals surface area contributed by atoms with E-state index in [0.29, 0.717) is 39.2 Å². The zero-order valence-corrected chi connectivity index (χ0v) is 16.3. The van der Waals surface area contributed by atoms with Crippen molar-refractivity contribution in [2.45, 2.75) is 0 Å². The predicted molar refractivity (Wildman–Crippen MR) is 116 cm³/mol. The van der Waals surface area contributed by atoms with Gasteiger partial charge in [0.15, 0.2) is 11.5 Å². The topological polar surface area (TPSA) is 93.0 Å². The number of carbonyl (C=O) groups excluding carboxylic acids is 1. The van der Waals surface area contributed by atoms with Gasteiger partial charge in [-0.05, 0) is 48.0 Å². The highest BCUT2D eigenvalue weighted by Crippen LogP contribution is 2.32. The molecule has 0 aliphatic carbocycles. The molecule has 1 aliphatic heterocycles. The van der Waals surface area contributed by atoms with Crippen molar-refractivity contribution in [1.29, 1.82) is 0 Å². The number of benzene rings is 3. The van der Waals surface area contributed by atoms with Crippen molar-refractivity contribution in [3.63, 3.8) is 0 Å². The number of fused-ring (bicyclic) bond motifs is 2. The van der Waals surface area contributed by atoms with E-state index >= 15 is 0 Å². The van der Waals surface area contributed by atoms with E-state index in [1.54, 1.807) is 42.5 Å². The van der Waals surface area contributed by atoms with Gasteiger partial charge in [-0.1, -0.05) is 30.3 Å². The Kier molecular flexibility index (Phi) is 4.68. The van der Waals surface area contributed by atoms with E-state index in [0.717, 1.165) is 5.56 Å². The van der Waals surface area contributed by atoms with Gasteiger partial charge in [0.1, 0.15) is 5.75 Å².